The zero-order valence-electron chi connectivity index (χ0n) is 10.9. The van der Waals surface area contributed by atoms with Crippen LogP contribution in [0.3, 0.4) is 0 Å². The number of nitrogens with two attached hydrogens (primary N) is 1. The number of hydrogen-bond acceptors (Lipinski definition) is 7. The average Bonchev–Trinajstić information content (AvgIpc) is 2.29. The predicted molar refractivity (Wildman–Crippen MR) is 61.4 cm³/mol. The van der Waals surface area contributed by atoms with E-state index in [4.69, 9.17) is 5.73 Å². The van der Waals surface area contributed by atoms with E-state index in [1.165, 1.54) is 0 Å². The number of rotatable bonds is 7. The molecule has 0 saturated carbocycles. The second kappa shape index (κ2) is 7.65. The Bertz CT molecular complexity index is 297. The average molecular weight is 261 g/mol. The van der Waals surface area contributed by atoms with Gasteiger partial charge in [-0.15, -0.1) is 0 Å². The Morgan fingerprint density at radius 3 is 1.61 bits per heavy atom. The van der Waals surface area contributed by atoms with Crippen LogP contribution in [-0.4, -0.2) is 43.3 Å². The van der Waals surface area contributed by atoms with Crippen molar-refractivity contribution in [1.29, 1.82) is 0 Å². The van der Waals surface area contributed by atoms with Crippen LogP contribution in [0.15, 0.2) is 0 Å². The summed E-state index contributed by atoms with van der Waals surface area (Å²) >= 11 is 0. The molecule has 0 spiro atoms. The van der Waals surface area contributed by atoms with Gasteiger partial charge in [-0.2, -0.15) is 0 Å². The molecule has 2 N–H and O–H groups in total. The molecule has 0 heterocycles. The zero-order valence-corrected chi connectivity index (χ0v) is 10.9. The minimum Gasteiger partial charge on any atom is -0.466 e. The molecule has 7 nitrogen and oxygen atoms in total. The maximum Gasteiger partial charge on any atom is 0.338 e. The van der Waals surface area contributed by atoms with Crippen LogP contribution in [0.2, 0.25) is 0 Å². The molecular weight excluding hydrogens is 242 g/mol. The lowest BCUT2D eigenvalue weighted by atomic mass is 9.97. The first kappa shape index (κ1) is 16.4. The summed E-state index contributed by atoms with van der Waals surface area (Å²) in [4.78, 5) is 34.7. The van der Waals surface area contributed by atoms with Gasteiger partial charge in [0.05, 0.1) is 26.2 Å². The molecule has 7 heteroatoms. The fraction of sp³-hybridized carbons (Fsp3) is 0.727. The van der Waals surface area contributed by atoms with Crippen LogP contribution in [-0.2, 0) is 28.6 Å². The van der Waals surface area contributed by atoms with E-state index in [9.17, 15) is 14.4 Å². The van der Waals surface area contributed by atoms with Crippen LogP contribution in [0.5, 0.6) is 0 Å². The summed E-state index contributed by atoms with van der Waals surface area (Å²) in [7, 11) is 0. The fourth-order valence-electron chi connectivity index (χ4n) is 1.19. The number of carbonyl (C=O) groups is 3. The van der Waals surface area contributed by atoms with E-state index in [0.717, 1.165) is 0 Å². The Labute approximate surface area is 106 Å². The summed E-state index contributed by atoms with van der Waals surface area (Å²) in [6, 6.07) is 0. The highest BCUT2D eigenvalue weighted by Gasteiger charge is 2.47. The molecule has 0 bridgehead atoms. The smallest absolute Gasteiger partial charge is 0.338 e. The lowest BCUT2D eigenvalue weighted by molar-refractivity contribution is -0.168. The second-order valence-electron chi connectivity index (χ2n) is 3.39. The molecule has 0 aromatic carbocycles. The van der Waals surface area contributed by atoms with E-state index in [1.54, 1.807) is 20.8 Å². The van der Waals surface area contributed by atoms with Crippen molar-refractivity contribution in [2.24, 2.45) is 5.73 Å². The van der Waals surface area contributed by atoms with Gasteiger partial charge in [0.15, 0.2) is 0 Å². The van der Waals surface area contributed by atoms with Gasteiger partial charge in [-0.05, 0) is 20.8 Å². The highest BCUT2D eigenvalue weighted by molar-refractivity contribution is 6.07. The van der Waals surface area contributed by atoms with Crippen molar-refractivity contribution in [3.8, 4) is 0 Å². The van der Waals surface area contributed by atoms with Crippen LogP contribution in [0.25, 0.3) is 0 Å². The SMILES string of the molecule is CCOC(=O)CC(N)(C(=O)OCC)C(=O)OCC. The van der Waals surface area contributed by atoms with Gasteiger partial charge < -0.3 is 19.9 Å². The zero-order chi connectivity index (χ0) is 14.2. The van der Waals surface area contributed by atoms with E-state index < -0.39 is 29.9 Å². The minimum absolute atomic E-state index is 0.0417. The lowest BCUT2D eigenvalue weighted by Crippen LogP contribution is -2.58. The van der Waals surface area contributed by atoms with Gasteiger partial charge >= 0.3 is 17.9 Å². The topological polar surface area (TPSA) is 105 Å². The Morgan fingerprint density at radius 2 is 1.28 bits per heavy atom. The summed E-state index contributed by atoms with van der Waals surface area (Å²) in [5.41, 5.74) is 3.48. The van der Waals surface area contributed by atoms with Crippen molar-refractivity contribution in [1.82, 2.24) is 0 Å². The van der Waals surface area contributed by atoms with Crippen molar-refractivity contribution >= 4 is 17.9 Å². The van der Waals surface area contributed by atoms with Crippen LogP contribution < -0.4 is 5.73 Å². The predicted octanol–water partition coefficient (Wildman–Crippen LogP) is -0.237. The molecule has 18 heavy (non-hydrogen) atoms. The van der Waals surface area contributed by atoms with E-state index in [-0.39, 0.29) is 19.8 Å². The molecule has 0 atom stereocenters. The molecule has 0 amide bonds. The minimum atomic E-state index is -2.15. The number of ether oxygens (including phenoxy) is 3. The van der Waals surface area contributed by atoms with Crippen molar-refractivity contribution in [2.45, 2.75) is 32.7 Å². The van der Waals surface area contributed by atoms with Gasteiger partial charge in [0.1, 0.15) is 0 Å². The van der Waals surface area contributed by atoms with Gasteiger partial charge in [0, 0.05) is 0 Å². The lowest BCUT2D eigenvalue weighted by Gasteiger charge is -2.23. The van der Waals surface area contributed by atoms with Gasteiger partial charge in [0.25, 0.3) is 0 Å². The standard InChI is InChI=1S/C11H19NO6/c1-4-16-8(13)7-11(12,9(14)17-5-2)10(15)18-6-3/h4-7,12H2,1-3H3. The third-order valence-corrected chi connectivity index (χ3v) is 2.01. The molecular formula is C11H19NO6. The van der Waals surface area contributed by atoms with Gasteiger partial charge in [-0.1, -0.05) is 0 Å². The number of esters is 3. The van der Waals surface area contributed by atoms with Crippen molar-refractivity contribution < 1.29 is 28.6 Å². The summed E-state index contributed by atoms with van der Waals surface area (Å²) in [5, 5.41) is 0. The van der Waals surface area contributed by atoms with Crippen LogP contribution in [0.4, 0.5) is 0 Å². The molecule has 104 valence electrons. The summed E-state index contributed by atoms with van der Waals surface area (Å²) in [6.45, 7) is 4.94. The maximum absolute atomic E-state index is 11.7. The third-order valence-electron chi connectivity index (χ3n) is 2.01. The van der Waals surface area contributed by atoms with Crippen molar-refractivity contribution in [2.75, 3.05) is 19.8 Å². The number of hydrogen-bond donors (Lipinski definition) is 1. The Hall–Kier alpha value is -1.63. The first-order valence-corrected chi connectivity index (χ1v) is 5.71. The Morgan fingerprint density at radius 1 is 0.889 bits per heavy atom. The molecule has 0 aliphatic carbocycles. The highest BCUT2D eigenvalue weighted by atomic mass is 16.6. The summed E-state index contributed by atoms with van der Waals surface area (Å²) < 4.78 is 14.0. The van der Waals surface area contributed by atoms with Crippen molar-refractivity contribution in [3.63, 3.8) is 0 Å². The van der Waals surface area contributed by atoms with Crippen LogP contribution in [0, 0.1) is 0 Å². The van der Waals surface area contributed by atoms with Crippen molar-refractivity contribution in [3.05, 3.63) is 0 Å². The van der Waals surface area contributed by atoms with Gasteiger partial charge in [-0.3, -0.25) is 4.79 Å². The largest absolute Gasteiger partial charge is 0.466 e. The third kappa shape index (κ3) is 4.33. The first-order chi connectivity index (χ1) is 8.42. The highest BCUT2D eigenvalue weighted by Crippen LogP contribution is 2.13. The van der Waals surface area contributed by atoms with Crippen LogP contribution >= 0.6 is 0 Å². The normalized spacial score (nSPS) is 10.7. The molecule has 0 saturated heterocycles. The molecule has 0 rings (SSSR count). The second-order valence-corrected chi connectivity index (χ2v) is 3.39. The summed E-state index contributed by atoms with van der Waals surface area (Å²) in [5.74, 6) is -2.77. The molecule has 0 aromatic rings. The van der Waals surface area contributed by atoms with Gasteiger partial charge in [-0.25, -0.2) is 9.59 Å². The molecule has 0 aliphatic heterocycles. The molecule has 0 aliphatic rings. The summed E-state index contributed by atoms with van der Waals surface area (Å²) in [6.07, 6.45) is -0.613. The Kier molecular flexibility index (Phi) is 6.96. The monoisotopic (exact) mass is 261 g/mol. The fourth-order valence-corrected chi connectivity index (χ4v) is 1.19. The molecule has 0 unspecified atom stereocenters. The quantitative estimate of drug-likeness (QED) is 0.383. The van der Waals surface area contributed by atoms with E-state index >= 15 is 0 Å². The van der Waals surface area contributed by atoms with E-state index in [0.29, 0.717) is 0 Å². The number of carbonyl (C=O) groups excluding carboxylic acids is 3. The first-order valence-electron chi connectivity index (χ1n) is 5.71. The molecule has 0 aromatic heterocycles. The maximum atomic E-state index is 11.7. The van der Waals surface area contributed by atoms with Gasteiger partial charge in [0.2, 0.25) is 5.54 Å². The molecule has 0 fully saturated rings. The van der Waals surface area contributed by atoms with E-state index in [2.05, 4.69) is 14.2 Å². The Balaban J connectivity index is 4.96. The molecule has 0 radical (unpaired) electrons. The van der Waals surface area contributed by atoms with E-state index in [1.807, 2.05) is 0 Å². The van der Waals surface area contributed by atoms with Crippen LogP contribution in [0.1, 0.15) is 27.2 Å².